The second-order valence-corrected chi connectivity index (χ2v) is 6.23. The summed E-state index contributed by atoms with van der Waals surface area (Å²) in [6.07, 6.45) is -3.31. The normalized spacial score (nSPS) is 12.7. The Bertz CT molecular complexity index is 471. The molecule has 0 saturated carbocycles. The minimum Gasteiger partial charge on any atom is -0.481 e. The topological polar surface area (TPSA) is 201 Å². The van der Waals surface area contributed by atoms with Gasteiger partial charge in [-0.2, -0.15) is 0 Å². The van der Waals surface area contributed by atoms with Gasteiger partial charge in [-0.05, 0) is 0 Å². The van der Waals surface area contributed by atoms with E-state index in [0.717, 1.165) is 0 Å². The second kappa shape index (κ2) is 6.92. The molecule has 0 spiro atoms. The summed E-state index contributed by atoms with van der Waals surface area (Å²) in [5, 5.41) is 36.2. The summed E-state index contributed by atoms with van der Waals surface area (Å²) in [5.41, 5.74) is 6.11. The number of nitrogens with two attached hydrogens (primary N) is 2. The van der Waals surface area contributed by atoms with Crippen LogP contribution in [0.3, 0.4) is 0 Å². The van der Waals surface area contributed by atoms with Crippen molar-refractivity contribution in [1.29, 1.82) is 0 Å². The van der Waals surface area contributed by atoms with Gasteiger partial charge >= 0.3 is 23.9 Å². The molecule has 0 aromatic carbocycles. The average molecular weight is 334 g/mol. The highest BCUT2D eigenvalue weighted by Gasteiger charge is 2.57. The fourth-order valence-corrected chi connectivity index (χ4v) is 2.68. The molecule has 0 aliphatic carbocycles. The van der Waals surface area contributed by atoms with E-state index < -0.39 is 66.1 Å². The van der Waals surface area contributed by atoms with Gasteiger partial charge in [0.25, 0.3) is 0 Å². The van der Waals surface area contributed by atoms with Crippen LogP contribution in [0.1, 0.15) is 39.5 Å². The smallest absolute Gasteiger partial charge is 0.306 e. The van der Waals surface area contributed by atoms with Gasteiger partial charge in [-0.3, -0.25) is 19.2 Å². The van der Waals surface area contributed by atoms with Crippen molar-refractivity contribution >= 4 is 23.9 Å². The molecule has 0 aromatic heterocycles. The minimum absolute atomic E-state index is 0.791. The van der Waals surface area contributed by atoms with Crippen LogP contribution in [0.2, 0.25) is 0 Å². The van der Waals surface area contributed by atoms with Crippen molar-refractivity contribution in [1.82, 2.24) is 0 Å². The molecule has 0 aromatic rings. The van der Waals surface area contributed by atoms with Crippen LogP contribution in [-0.2, 0) is 19.2 Å². The Labute approximate surface area is 132 Å². The van der Waals surface area contributed by atoms with Crippen molar-refractivity contribution in [3.05, 3.63) is 0 Å². The van der Waals surface area contributed by atoms with Gasteiger partial charge in [0.1, 0.15) is 0 Å². The van der Waals surface area contributed by atoms with Crippen molar-refractivity contribution < 1.29 is 39.6 Å². The third-order valence-electron chi connectivity index (χ3n) is 4.40. The van der Waals surface area contributed by atoms with Crippen molar-refractivity contribution in [2.45, 2.75) is 45.2 Å². The standard InChI is InChI=1S/C13H22N2O8/c1-11(2,13(14,15)6-10(22)23)12(3-7(16)17,4-8(18)19)5-9(20)21/h3-6,14-15H2,1-2H3,(H,16,17)(H,18,19)(H,20,21)(H,22,23). The molecule has 0 bridgehead atoms. The molecule has 0 aliphatic rings. The van der Waals surface area contributed by atoms with Crippen LogP contribution in [0, 0.1) is 10.8 Å². The fourth-order valence-electron chi connectivity index (χ4n) is 2.68. The molecule has 0 aliphatic heterocycles. The van der Waals surface area contributed by atoms with Crippen molar-refractivity contribution in [2.24, 2.45) is 22.3 Å². The fraction of sp³-hybridized carbons (Fsp3) is 0.692. The molecule has 0 unspecified atom stereocenters. The van der Waals surface area contributed by atoms with E-state index in [1.165, 1.54) is 13.8 Å². The van der Waals surface area contributed by atoms with Gasteiger partial charge < -0.3 is 31.9 Å². The van der Waals surface area contributed by atoms with Gasteiger partial charge in [-0.1, -0.05) is 13.8 Å². The van der Waals surface area contributed by atoms with Gasteiger partial charge in [-0.25, -0.2) is 0 Å². The van der Waals surface area contributed by atoms with E-state index in [2.05, 4.69) is 0 Å². The molecule has 0 rings (SSSR count). The summed E-state index contributed by atoms with van der Waals surface area (Å²) in [7, 11) is 0. The summed E-state index contributed by atoms with van der Waals surface area (Å²) in [4.78, 5) is 44.5. The second-order valence-electron chi connectivity index (χ2n) is 6.23. The largest absolute Gasteiger partial charge is 0.481 e. The van der Waals surface area contributed by atoms with Crippen LogP contribution in [0.5, 0.6) is 0 Å². The van der Waals surface area contributed by atoms with E-state index in [9.17, 15) is 19.2 Å². The zero-order valence-electron chi connectivity index (χ0n) is 12.9. The maximum absolute atomic E-state index is 11.2. The van der Waals surface area contributed by atoms with Crippen molar-refractivity contribution in [2.75, 3.05) is 0 Å². The number of hydrogen-bond acceptors (Lipinski definition) is 6. The first-order valence-electron chi connectivity index (χ1n) is 6.62. The highest BCUT2D eigenvalue weighted by atomic mass is 16.4. The van der Waals surface area contributed by atoms with Crippen LogP contribution >= 0.6 is 0 Å². The molecular weight excluding hydrogens is 312 g/mol. The monoisotopic (exact) mass is 334 g/mol. The minimum atomic E-state index is -2.03. The van der Waals surface area contributed by atoms with Gasteiger partial charge in [0.15, 0.2) is 0 Å². The molecule has 0 amide bonds. The number of carbonyl (C=O) groups is 4. The van der Waals surface area contributed by atoms with Crippen molar-refractivity contribution in [3.8, 4) is 0 Å². The lowest BCUT2D eigenvalue weighted by Crippen LogP contribution is -2.67. The Hall–Kier alpha value is -2.20. The Kier molecular flexibility index (Phi) is 6.26. The van der Waals surface area contributed by atoms with E-state index >= 15 is 0 Å². The summed E-state index contributed by atoms with van der Waals surface area (Å²) in [6.45, 7) is 2.56. The van der Waals surface area contributed by atoms with Crippen LogP contribution in [0.4, 0.5) is 0 Å². The van der Waals surface area contributed by atoms with Gasteiger partial charge in [0.2, 0.25) is 0 Å². The molecule has 0 fully saturated rings. The van der Waals surface area contributed by atoms with Crippen LogP contribution in [0.15, 0.2) is 0 Å². The first-order chi connectivity index (χ1) is 10.2. The van der Waals surface area contributed by atoms with Crippen LogP contribution < -0.4 is 11.5 Å². The number of carboxylic acid groups (broad SMARTS) is 4. The molecule has 10 heteroatoms. The zero-order valence-corrected chi connectivity index (χ0v) is 12.9. The Morgan fingerprint density at radius 2 is 0.957 bits per heavy atom. The molecule has 23 heavy (non-hydrogen) atoms. The predicted molar refractivity (Wildman–Crippen MR) is 76.3 cm³/mol. The Balaban J connectivity index is 6.23. The van der Waals surface area contributed by atoms with Gasteiger partial charge in [0, 0.05) is 10.8 Å². The molecule has 8 N–H and O–H groups in total. The zero-order chi connectivity index (χ0) is 18.6. The molecule has 132 valence electrons. The Morgan fingerprint density at radius 3 is 1.17 bits per heavy atom. The number of carboxylic acids is 4. The van der Waals surface area contributed by atoms with E-state index in [1.54, 1.807) is 0 Å². The lowest BCUT2D eigenvalue weighted by molar-refractivity contribution is -0.158. The third-order valence-corrected chi connectivity index (χ3v) is 4.40. The third kappa shape index (κ3) is 4.89. The Morgan fingerprint density at radius 1 is 0.696 bits per heavy atom. The first kappa shape index (κ1) is 20.8. The summed E-state index contributed by atoms with van der Waals surface area (Å²) in [6, 6.07) is 0. The number of rotatable bonds is 10. The lowest BCUT2D eigenvalue weighted by Gasteiger charge is -2.52. The molecule has 0 heterocycles. The van der Waals surface area contributed by atoms with Crippen LogP contribution in [0.25, 0.3) is 0 Å². The van der Waals surface area contributed by atoms with E-state index in [0.29, 0.717) is 0 Å². The predicted octanol–water partition coefficient (Wildman–Crippen LogP) is -0.488. The SMILES string of the molecule is CC(C)(C(N)(N)CC(=O)O)C(CC(=O)O)(CC(=O)O)CC(=O)O. The van der Waals surface area contributed by atoms with Gasteiger partial charge in [0.05, 0.1) is 31.3 Å². The maximum atomic E-state index is 11.2. The highest BCUT2D eigenvalue weighted by molar-refractivity contribution is 5.76. The highest BCUT2D eigenvalue weighted by Crippen LogP contribution is 2.52. The summed E-state index contributed by atoms with van der Waals surface area (Å²) >= 11 is 0. The van der Waals surface area contributed by atoms with Gasteiger partial charge in [-0.15, -0.1) is 0 Å². The van der Waals surface area contributed by atoms with E-state index in [4.69, 9.17) is 31.9 Å². The van der Waals surface area contributed by atoms with Crippen molar-refractivity contribution in [3.63, 3.8) is 0 Å². The molecule has 10 nitrogen and oxygen atoms in total. The molecule has 0 saturated heterocycles. The van der Waals surface area contributed by atoms with E-state index in [1.807, 2.05) is 0 Å². The molecule has 0 radical (unpaired) electrons. The summed E-state index contributed by atoms with van der Waals surface area (Å²) < 4.78 is 0. The summed E-state index contributed by atoms with van der Waals surface area (Å²) in [5.74, 6) is -5.69. The molecule has 0 atom stereocenters. The number of aliphatic carboxylic acids is 4. The maximum Gasteiger partial charge on any atom is 0.306 e. The average Bonchev–Trinajstić information content (AvgIpc) is 2.22. The lowest BCUT2D eigenvalue weighted by atomic mass is 9.54. The number of hydrogen-bond donors (Lipinski definition) is 6. The van der Waals surface area contributed by atoms with Crippen LogP contribution in [-0.4, -0.2) is 50.0 Å². The molecular formula is C13H22N2O8. The first-order valence-corrected chi connectivity index (χ1v) is 6.62. The van der Waals surface area contributed by atoms with E-state index in [-0.39, 0.29) is 0 Å². The quantitative estimate of drug-likeness (QED) is 0.283.